The van der Waals surface area contributed by atoms with E-state index in [1.54, 1.807) is 0 Å². The average Bonchev–Trinajstić information content (AvgIpc) is 3.44. The lowest BCUT2D eigenvalue weighted by Crippen LogP contribution is -2.17. The lowest BCUT2D eigenvalue weighted by molar-refractivity contribution is 0.668. The molecule has 2 nitrogen and oxygen atoms in total. The smallest absolute Gasteiger partial charge is 0.161 e. The van der Waals surface area contributed by atoms with Crippen LogP contribution in [0, 0.1) is 0 Å². The van der Waals surface area contributed by atoms with Gasteiger partial charge in [0.2, 0.25) is 0 Å². The normalized spacial score (nSPS) is 13.1. The molecule has 0 fully saturated rings. The van der Waals surface area contributed by atoms with E-state index in [9.17, 15) is 0 Å². The number of nitrogens with zero attached hydrogens (tertiary/aromatic N) is 2. The molecule has 240 valence electrons. The minimum atomic E-state index is -0.178. The van der Waals surface area contributed by atoms with Gasteiger partial charge < -0.3 is 0 Å². The van der Waals surface area contributed by atoms with Gasteiger partial charge >= 0.3 is 0 Å². The van der Waals surface area contributed by atoms with E-state index >= 15 is 0 Å². The zero-order valence-corrected chi connectivity index (χ0v) is 28.6. The molecule has 8 aromatic carbocycles. The second kappa shape index (κ2) is 11.3. The lowest BCUT2D eigenvalue weighted by Gasteiger charge is -2.26. The van der Waals surface area contributed by atoms with Crippen LogP contribution in [0.5, 0.6) is 0 Å². The second-order valence-electron chi connectivity index (χ2n) is 14.1. The first-order valence-corrected chi connectivity index (χ1v) is 17.7. The van der Waals surface area contributed by atoms with Crippen LogP contribution in [0.25, 0.3) is 88.5 Å². The van der Waals surface area contributed by atoms with Gasteiger partial charge in [0.25, 0.3) is 0 Å². The Morgan fingerprint density at radius 3 is 1.65 bits per heavy atom. The van der Waals surface area contributed by atoms with Crippen molar-refractivity contribution in [2.24, 2.45) is 0 Å². The Labute approximate surface area is 297 Å². The van der Waals surface area contributed by atoms with Crippen LogP contribution in [-0.4, -0.2) is 9.97 Å². The molecule has 0 saturated heterocycles. The monoisotopic (exact) mass is 650 g/mol. The number of hydrogen-bond acceptors (Lipinski definition) is 2. The molecule has 51 heavy (non-hydrogen) atoms. The van der Waals surface area contributed by atoms with Crippen LogP contribution in [0.4, 0.5) is 0 Å². The average molecular weight is 651 g/mol. The van der Waals surface area contributed by atoms with Gasteiger partial charge in [-0.15, -0.1) is 0 Å². The largest absolute Gasteiger partial charge is 0.228 e. The number of fused-ring (bicyclic) bond motifs is 7. The SMILES string of the molecule is CC1(C)c2c(cccc2-c2ccc(-c3nc(-c4ccccc4)cc(-c4cccc5ccccc45)n3)c3ccccc23)-c2ccc3ccccc3c21. The molecule has 1 aliphatic rings. The zero-order valence-electron chi connectivity index (χ0n) is 28.6. The Morgan fingerprint density at radius 2 is 0.863 bits per heavy atom. The first kappa shape index (κ1) is 29.5. The third kappa shape index (κ3) is 4.57. The summed E-state index contributed by atoms with van der Waals surface area (Å²) in [6.07, 6.45) is 0. The third-order valence-electron chi connectivity index (χ3n) is 10.9. The van der Waals surface area contributed by atoms with Crippen molar-refractivity contribution < 1.29 is 0 Å². The highest BCUT2D eigenvalue weighted by Gasteiger charge is 2.39. The quantitative estimate of drug-likeness (QED) is 0.189. The molecule has 0 N–H and O–H groups in total. The Balaban J connectivity index is 1.19. The van der Waals surface area contributed by atoms with E-state index in [1.807, 2.05) is 6.07 Å². The first-order chi connectivity index (χ1) is 25.1. The third-order valence-corrected chi connectivity index (χ3v) is 10.9. The van der Waals surface area contributed by atoms with Gasteiger partial charge in [0.15, 0.2) is 5.82 Å². The van der Waals surface area contributed by atoms with Gasteiger partial charge in [0.1, 0.15) is 0 Å². The van der Waals surface area contributed by atoms with E-state index < -0.39 is 0 Å². The molecule has 1 aliphatic carbocycles. The maximum atomic E-state index is 5.33. The van der Waals surface area contributed by atoms with Crippen molar-refractivity contribution in [3.05, 3.63) is 181 Å². The van der Waals surface area contributed by atoms with Crippen LogP contribution in [0.3, 0.4) is 0 Å². The summed E-state index contributed by atoms with van der Waals surface area (Å²) in [5.74, 6) is 0.722. The van der Waals surface area contributed by atoms with Crippen LogP contribution >= 0.6 is 0 Å². The fourth-order valence-electron chi connectivity index (χ4n) is 8.61. The zero-order chi connectivity index (χ0) is 34.1. The summed E-state index contributed by atoms with van der Waals surface area (Å²) < 4.78 is 0. The van der Waals surface area contributed by atoms with E-state index in [1.165, 1.54) is 60.3 Å². The number of hydrogen-bond donors (Lipinski definition) is 0. The van der Waals surface area contributed by atoms with Gasteiger partial charge in [0.05, 0.1) is 11.4 Å². The Bertz CT molecular complexity index is 2820. The maximum absolute atomic E-state index is 5.33. The summed E-state index contributed by atoms with van der Waals surface area (Å²) in [5.41, 5.74) is 12.8. The van der Waals surface area contributed by atoms with Crippen molar-refractivity contribution in [1.82, 2.24) is 9.97 Å². The van der Waals surface area contributed by atoms with E-state index in [4.69, 9.17) is 9.97 Å². The topological polar surface area (TPSA) is 25.8 Å². The highest BCUT2D eigenvalue weighted by atomic mass is 14.9. The molecule has 1 aromatic heterocycles. The first-order valence-electron chi connectivity index (χ1n) is 17.7. The fourth-order valence-corrected chi connectivity index (χ4v) is 8.61. The number of aromatic nitrogens is 2. The Hall–Kier alpha value is -6.38. The lowest BCUT2D eigenvalue weighted by atomic mass is 9.77. The van der Waals surface area contributed by atoms with Crippen LogP contribution in [-0.2, 0) is 5.41 Å². The predicted molar refractivity (Wildman–Crippen MR) is 214 cm³/mol. The van der Waals surface area contributed by atoms with Gasteiger partial charge in [0, 0.05) is 22.1 Å². The molecule has 9 aromatic rings. The van der Waals surface area contributed by atoms with Crippen molar-refractivity contribution in [1.29, 1.82) is 0 Å². The van der Waals surface area contributed by atoms with Gasteiger partial charge in [-0.25, -0.2) is 9.97 Å². The molecule has 0 radical (unpaired) electrons. The number of benzene rings is 8. The molecular formula is C49H34N2. The van der Waals surface area contributed by atoms with E-state index in [0.29, 0.717) is 0 Å². The van der Waals surface area contributed by atoms with Crippen molar-refractivity contribution in [2.45, 2.75) is 19.3 Å². The molecule has 0 saturated carbocycles. The standard InChI is InChI=1S/C49H34N2/c1-49(2)46-35-20-9-7-15-32(35)26-27-42(46)41-25-13-24-40(47(41)49)38-28-29-43(37-22-11-10-21-36(37)38)48-50-44(33-16-4-3-5-17-33)30-45(51-48)39-23-12-18-31-14-6-8-19-34(31)39/h3-30H,1-2H3. The number of rotatable bonds is 4. The summed E-state index contributed by atoms with van der Waals surface area (Å²) >= 11 is 0. The molecule has 0 aliphatic heterocycles. The summed E-state index contributed by atoms with van der Waals surface area (Å²) in [5, 5.41) is 7.33. The molecule has 0 amide bonds. The van der Waals surface area contributed by atoms with E-state index in [-0.39, 0.29) is 5.41 Å². The van der Waals surface area contributed by atoms with Crippen molar-refractivity contribution in [2.75, 3.05) is 0 Å². The van der Waals surface area contributed by atoms with Crippen LogP contribution in [0.1, 0.15) is 25.0 Å². The van der Waals surface area contributed by atoms with E-state index in [2.05, 4.69) is 178 Å². The molecule has 0 atom stereocenters. The van der Waals surface area contributed by atoms with Crippen molar-refractivity contribution in [3.8, 4) is 56.2 Å². The highest BCUT2D eigenvalue weighted by molar-refractivity contribution is 6.07. The van der Waals surface area contributed by atoms with E-state index in [0.717, 1.165) is 39.3 Å². The Kier molecular flexibility index (Phi) is 6.56. The van der Waals surface area contributed by atoms with Crippen molar-refractivity contribution in [3.63, 3.8) is 0 Å². The molecule has 0 spiro atoms. The summed E-state index contributed by atoms with van der Waals surface area (Å²) in [6, 6.07) is 61.0. The summed E-state index contributed by atoms with van der Waals surface area (Å²) in [7, 11) is 0. The highest BCUT2D eigenvalue weighted by Crippen LogP contribution is 2.55. The van der Waals surface area contributed by atoms with Crippen LogP contribution in [0.15, 0.2) is 170 Å². The van der Waals surface area contributed by atoms with Crippen molar-refractivity contribution >= 4 is 32.3 Å². The molecule has 1 heterocycles. The Morgan fingerprint density at radius 1 is 0.353 bits per heavy atom. The van der Waals surface area contributed by atoms with Gasteiger partial charge in [-0.05, 0) is 77.8 Å². The maximum Gasteiger partial charge on any atom is 0.161 e. The van der Waals surface area contributed by atoms with Gasteiger partial charge in [-0.1, -0.05) is 172 Å². The molecule has 10 rings (SSSR count). The minimum absolute atomic E-state index is 0.178. The molecule has 2 heteroatoms. The van der Waals surface area contributed by atoms with Crippen LogP contribution in [0.2, 0.25) is 0 Å². The predicted octanol–water partition coefficient (Wildman–Crippen LogP) is 12.9. The minimum Gasteiger partial charge on any atom is -0.228 e. The van der Waals surface area contributed by atoms with Crippen LogP contribution < -0.4 is 0 Å². The van der Waals surface area contributed by atoms with Gasteiger partial charge in [-0.3, -0.25) is 0 Å². The molecule has 0 bridgehead atoms. The summed E-state index contributed by atoms with van der Waals surface area (Å²) in [4.78, 5) is 10.6. The van der Waals surface area contributed by atoms with Gasteiger partial charge in [-0.2, -0.15) is 0 Å². The fraction of sp³-hybridized carbons (Fsp3) is 0.0612. The summed E-state index contributed by atoms with van der Waals surface area (Å²) in [6.45, 7) is 4.78. The molecule has 0 unspecified atom stereocenters. The second-order valence-corrected chi connectivity index (χ2v) is 14.1. The molecular weight excluding hydrogens is 617 g/mol.